The Morgan fingerprint density at radius 3 is 2.40 bits per heavy atom. The summed E-state index contributed by atoms with van der Waals surface area (Å²) < 4.78 is 13.6. The lowest BCUT2D eigenvalue weighted by Gasteiger charge is -2.04. The SMILES string of the molecule is CCCn1c(=NC(=O)c2ccc(OC)cc2)sc2cc(OC)ccc21. The number of nitrogens with zero attached hydrogens (tertiary/aromatic N) is 2. The zero-order valence-electron chi connectivity index (χ0n) is 14.5. The molecule has 130 valence electrons. The molecule has 0 saturated heterocycles. The highest BCUT2D eigenvalue weighted by atomic mass is 32.1. The molecule has 0 saturated carbocycles. The predicted molar refractivity (Wildman–Crippen MR) is 99.5 cm³/mol. The third-order valence-corrected chi connectivity index (χ3v) is 4.91. The Labute approximate surface area is 150 Å². The average Bonchev–Trinajstić information content (AvgIpc) is 2.98. The van der Waals surface area contributed by atoms with Gasteiger partial charge in [-0.15, -0.1) is 0 Å². The molecule has 0 N–H and O–H groups in total. The first kappa shape index (κ1) is 17.2. The average molecular weight is 356 g/mol. The maximum Gasteiger partial charge on any atom is 0.279 e. The summed E-state index contributed by atoms with van der Waals surface area (Å²) in [6.07, 6.45) is 0.960. The van der Waals surface area contributed by atoms with Crippen LogP contribution in [0.2, 0.25) is 0 Å². The van der Waals surface area contributed by atoms with Crippen LogP contribution in [0.4, 0.5) is 0 Å². The first-order chi connectivity index (χ1) is 12.2. The highest BCUT2D eigenvalue weighted by Gasteiger charge is 2.10. The number of rotatable bonds is 5. The van der Waals surface area contributed by atoms with Crippen molar-refractivity contribution < 1.29 is 14.3 Å². The monoisotopic (exact) mass is 356 g/mol. The van der Waals surface area contributed by atoms with Crippen LogP contribution in [-0.2, 0) is 6.54 Å². The van der Waals surface area contributed by atoms with Gasteiger partial charge in [0.05, 0.1) is 24.4 Å². The smallest absolute Gasteiger partial charge is 0.279 e. The summed E-state index contributed by atoms with van der Waals surface area (Å²) in [6, 6.07) is 12.9. The van der Waals surface area contributed by atoms with Crippen molar-refractivity contribution in [2.24, 2.45) is 4.99 Å². The van der Waals surface area contributed by atoms with E-state index in [-0.39, 0.29) is 5.91 Å². The lowest BCUT2D eigenvalue weighted by molar-refractivity contribution is 0.0998. The number of benzene rings is 2. The minimum Gasteiger partial charge on any atom is -0.497 e. The number of methoxy groups -OCH3 is 2. The molecule has 2 aromatic carbocycles. The molecular weight excluding hydrogens is 336 g/mol. The number of fused-ring (bicyclic) bond motifs is 1. The number of ether oxygens (including phenoxy) is 2. The number of carbonyl (C=O) groups excluding carboxylic acids is 1. The van der Waals surface area contributed by atoms with Crippen LogP contribution < -0.4 is 14.3 Å². The Hall–Kier alpha value is -2.60. The summed E-state index contributed by atoms with van der Waals surface area (Å²) in [6.45, 7) is 2.91. The molecule has 3 aromatic rings. The third kappa shape index (κ3) is 3.58. The number of hydrogen-bond acceptors (Lipinski definition) is 4. The molecule has 0 fully saturated rings. The topological polar surface area (TPSA) is 52.8 Å². The molecule has 6 heteroatoms. The molecule has 0 aliphatic heterocycles. The van der Waals surface area contributed by atoms with E-state index in [4.69, 9.17) is 9.47 Å². The second-order valence-corrected chi connectivity index (χ2v) is 6.52. The highest BCUT2D eigenvalue weighted by molar-refractivity contribution is 7.16. The number of aromatic nitrogens is 1. The maximum absolute atomic E-state index is 12.5. The van der Waals surface area contributed by atoms with Crippen molar-refractivity contribution in [2.75, 3.05) is 14.2 Å². The molecule has 3 rings (SSSR count). The standard InChI is InChI=1S/C19H20N2O3S/c1-4-11-21-16-10-9-15(24-3)12-17(16)25-19(21)20-18(22)13-5-7-14(23-2)8-6-13/h5-10,12H,4,11H2,1-3H3. The number of hydrogen-bond donors (Lipinski definition) is 0. The fraction of sp³-hybridized carbons (Fsp3) is 0.263. The molecule has 0 bridgehead atoms. The van der Waals surface area contributed by atoms with Crippen molar-refractivity contribution in [3.05, 3.63) is 52.8 Å². The molecule has 0 aliphatic rings. The Balaban J connectivity index is 2.06. The van der Waals surface area contributed by atoms with Crippen LogP contribution in [0.5, 0.6) is 11.5 Å². The number of aryl methyl sites for hydroxylation is 1. The molecule has 5 nitrogen and oxygen atoms in total. The quantitative estimate of drug-likeness (QED) is 0.697. The molecule has 25 heavy (non-hydrogen) atoms. The molecule has 0 aliphatic carbocycles. The Morgan fingerprint density at radius 2 is 1.76 bits per heavy atom. The van der Waals surface area contributed by atoms with Crippen LogP contribution in [0.1, 0.15) is 23.7 Å². The summed E-state index contributed by atoms with van der Waals surface area (Å²) in [4.78, 5) is 17.6. The first-order valence-electron chi connectivity index (χ1n) is 8.06. The van der Waals surface area contributed by atoms with Gasteiger partial charge in [0.2, 0.25) is 0 Å². The van der Waals surface area contributed by atoms with Crippen LogP contribution in [-0.4, -0.2) is 24.7 Å². The van der Waals surface area contributed by atoms with Gasteiger partial charge in [-0.3, -0.25) is 4.79 Å². The highest BCUT2D eigenvalue weighted by Crippen LogP contribution is 2.23. The van der Waals surface area contributed by atoms with Gasteiger partial charge >= 0.3 is 0 Å². The van der Waals surface area contributed by atoms with Crippen molar-refractivity contribution in [3.8, 4) is 11.5 Å². The van der Waals surface area contributed by atoms with E-state index in [1.807, 2.05) is 18.2 Å². The number of carbonyl (C=O) groups is 1. The second kappa shape index (κ2) is 7.53. The lowest BCUT2D eigenvalue weighted by atomic mass is 10.2. The van der Waals surface area contributed by atoms with Gasteiger partial charge in [-0.25, -0.2) is 0 Å². The second-order valence-electron chi connectivity index (χ2n) is 5.52. The van der Waals surface area contributed by atoms with Gasteiger partial charge in [0.15, 0.2) is 4.80 Å². The van der Waals surface area contributed by atoms with Gasteiger partial charge < -0.3 is 14.0 Å². The summed E-state index contributed by atoms with van der Waals surface area (Å²) in [5.41, 5.74) is 1.60. The minimum atomic E-state index is -0.258. The summed E-state index contributed by atoms with van der Waals surface area (Å²) in [5.74, 6) is 1.25. The molecule has 1 aromatic heterocycles. The van der Waals surface area contributed by atoms with Crippen LogP contribution in [0.15, 0.2) is 47.5 Å². The summed E-state index contributed by atoms with van der Waals surface area (Å²) in [7, 11) is 3.24. The number of thiazole rings is 1. The van der Waals surface area contributed by atoms with Crippen LogP contribution >= 0.6 is 11.3 Å². The van der Waals surface area contributed by atoms with E-state index in [2.05, 4.69) is 16.5 Å². The third-order valence-electron chi connectivity index (χ3n) is 3.87. The molecule has 0 spiro atoms. The number of amides is 1. The molecule has 0 atom stereocenters. The first-order valence-corrected chi connectivity index (χ1v) is 8.88. The van der Waals surface area contributed by atoms with Gasteiger partial charge in [0.1, 0.15) is 11.5 Å². The van der Waals surface area contributed by atoms with Gasteiger partial charge in [-0.05, 0) is 48.9 Å². The molecule has 0 radical (unpaired) electrons. The van der Waals surface area contributed by atoms with E-state index in [9.17, 15) is 4.79 Å². The van der Waals surface area contributed by atoms with Gasteiger partial charge in [-0.1, -0.05) is 18.3 Å². The summed E-state index contributed by atoms with van der Waals surface area (Å²) >= 11 is 1.49. The van der Waals surface area contributed by atoms with E-state index in [1.54, 1.807) is 38.5 Å². The van der Waals surface area contributed by atoms with Crippen LogP contribution in [0.25, 0.3) is 10.2 Å². The fourth-order valence-electron chi connectivity index (χ4n) is 2.59. The molecular formula is C19H20N2O3S. The molecule has 0 unspecified atom stereocenters. The Morgan fingerprint density at radius 1 is 1.08 bits per heavy atom. The van der Waals surface area contributed by atoms with Crippen LogP contribution in [0.3, 0.4) is 0 Å². The minimum absolute atomic E-state index is 0.258. The van der Waals surface area contributed by atoms with Gasteiger partial charge in [0.25, 0.3) is 5.91 Å². The fourth-order valence-corrected chi connectivity index (χ4v) is 3.67. The zero-order valence-corrected chi connectivity index (χ0v) is 15.3. The van der Waals surface area contributed by atoms with Gasteiger partial charge in [0, 0.05) is 12.1 Å². The molecule has 1 amide bonds. The largest absolute Gasteiger partial charge is 0.497 e. The van der Waals surface area contributed by atoms with Crippen molar-refractivity contribution in [1.82, 2.24) is 4.57 Å². The Bertz CT molecular complexity index is 955. The van der Waals surface area contributed by atoms with Crippen LogP contribution in [0, 0.1) is 0 Å². The van der Waals surface area contributed by atoms with Crippen molar-refractivity contribution in [1.29, 1.82) is 0 Å². The molecule has 1 heterocycles. The Kier molecular flexibility index (Phi) is 5.19. The normalized spacial score (nSPS) is 11.7. The lowest BCUT2D eigenvalue weighted by Crippen LogP contribution is -2.16. The van der Waals surface area contributed by atoms with Crippen molar-refractivity contribution in [3.63, 3.8) is 0 Å². The predicted octanol–water partition coefficient (Wildman–Crippen LogP) is 3.87. The maximum atomic E-state index is 12.5. The van der Waals surface area contributed by atoms with E-state index in [1.165, 1.54) is 11.3 Å². The van der Waals surface area contributed by atoms with E-state index in [0.717, 1.165) is 28.9 Å². The summed E-state index contributed by atoms with van der Waals surface area (Å²) in [5, 5.41) is 0. The van der Waals surface area contributed by atoms with E-state index < -0.39 is 0 Å². The van der Waals surface area contributed by atoms with E-state index >= 15 is 0 Å². The van der Waals surface area contributed by atoms with Crippen molar-refractivity contribution in [2.45, 2.75) is 19.9 Å². The van der Waals surface area contributed by atoms with Crippen molar-refractivity contribution >= 4 is 27.5 Å². The zero-order chi connectivity index (χ0) is 17.8. The van der Waals surface area contributed by atoms with Gasteiger partial charge in [-0.2, -0.15) is 4.99 Å². The van der Waals surface area contributed by atoms with E-state index in [0.29, 0.717) is 16.1 Å².